The third-order valence-electron chi connectivity index (χ3n) is 2.15. The highest BCUT2D eigenvalue weighted by molar-refractivity contribution is 7.15. The van der Waals surface area contributed by atoms with Crippen LogP contribution < -0.4 is 0 Å². The minimum atomic E-state index is 0.733. The quantitative estimate of drug-likeness (QED) is 0.769. The van der Waals surface area contributed by atoms with E-state index in [4.69, 9.17) is 5.26 Å². The van der Waals surface area contributed by atoms with E-state index in [-0.39, 0.29) is 0 Å². The summed E-state index contributed by atoms with van der Waals surface area (Å²) in [6, 6.07) is 12.2. The lowest BCUT2D eigenvalue weighted by Gasteiger charge is -1.92. The fourth-order valence-electron chi connectivity index (χ4n) is 1.38. The second-order valence-corrected chi connectivity index (χ2v) is 4.13. The number of hydrogen-bond acceptors (Lipinski definition) is 3. The Morgan fingerprint density at radius 1 is 1.33 bits per heavy atom. The van der Waals surface area contributed by atoms with Crippen molar-refractivity contribution in [1.29, 1.82) is 5.26 Å². The number of nitriles is 1. The predicted octanol–water partition coefficient (Wildman–Crippen LogP) is 3.24. The predicted molar refractivity (Wildman–Crippen MR) is 61.6 cm³/mol. The van der Waals surface area contributed by atoms with Gasteiger partial charge in [-0.25, -0.2) is 4.98 Å². The van der Waals surface area contributed by atoms with Gasteiger partial charge in [-0.15, -0.1) is 11.3 Å². The average molecular weight is 214 g/mol. The van der Waals surface area contributed by atoms with Gasteiger partial charge in [0.1, 0.15) is 16.0 Å². The van der Waals surface area contributed by atoms with E-state index in [0.29, 0.717) is 0 Å². The van der Waals surface area contributed by atoms with Crippen LogP contribution in [0.4, 0.5) is 0 Å². The molecule has 0 radical (unpaired) electrons. The Kier molecular flexibility index (Phi) is 2.79. The van der Waals surface area contributed by atoms with Crippen molar-refractivity contribution in [2.45, 2.75) is 13.3 Å². The number of nitrogens with zero attached hydrogens (tertiary/aromatic N) is 2. The summed E-state index contributed by atoms with van der Waals surface area (Å²) < 4.78 is 0. The van der Waals surface area contributed by atoms with Crippen molar-refractivity contribution in [3.8, 4) is 16.6 Å². The van der Waals surface area contributed by atoms with Gasteiger partial charge < -0.3 is 0 Å². The van der Waals surface area contributed by atoms with Crippen LogP contribution in [0.15, 0.2) is 30.3 Å². The summed E-state index contributed by atoms with van der Waals surface area (Å²) in [6.07, 6.45) is 0.812. The first-order valence-electron chi connectivity index (χ1n) is 4.80. The first kappa shape index (κ1) is 9.88. The molecular formula is C12H10N2S. The molecule has 2 nitrogen and oxygen atoms in total. The fraction of sp³-hybridized carbons (Fsp3) is 0.167. The molecule has 0 amide bonds. The van der Waals surface area contributed by atoms with Crippen molar-refractivity contribution in [2.24, 2.45) is 0 Å². The lowest BCUT2D eigenvalue weighted by Crippen LogP contribution is -1.83. The van der Waals surface area contributed by atoms with Crippen LogP contribution in [0.1, 0.15) is 17.5 Å². The molecule has 0 atom stereocenters. The molecular weight excluding hydrogens is 204 g/mol. The molecule has 0 N–H and O–H groups in total. The Balaban J connectivity index is 2.48. The lowest BCUT2D eigenvalue weighted by molar-refractivity contribution is 1.06. The number of thiazole rings is 1. The van der Waals surface area contributed by atoms with E-state index in [2.05, 4.69) is 11.1 Å². The van der Waals surface area contributed by atoms with Gasteiger partial charge >= 0.3 is 0 Å². The molecule has 1 heterocycles. The monoisotopic (exact) mass is 214 g/mol. The van der Waals surface area contributed by atoms with E-state index >= 15 is 0 Å². The van der Waals surface area contributed by atoms with E-state index in [1.54, 1.807) is 0 Å². The molecule has 2 rings (SSSR count). The standard InChI is InChI=1S/C12H10N2S/c1-2-10-11(8-13)15-12(14-10)9-6-4-3-5-7-9/h3-7H,2H2,1H3. The maximum absolute atomic E-state index is 8.93. The Morgan fingerprint density at radius 3 is 2.60 bits per heavy atom. The number of rotatable bonds is 2. The summed E-state index contributed by atoms with van der Waals surface area (Å²) in [4.78, 5) is 5.20. The number of aromatic nitrogens is 1. The van der Waals surface area contributed by atoms with Crippen molar-refractivity contribution in [1.82, 2.24) is 4.98 Å². The SMILES string of the molecule is CCc1nc(-c2ccccc2)sc1C#N. The molecule has 1 aromatic carbocycles. The average Bonchev–Trinajstić information content (AvgIpc) is 2.73. The Morgan fingerprint density at radius 2 is 2.07 bits per heavy atom. The molecule has 2 aromatic rings. The van der Waals surface area contributed by atoms with Crippen LogP contribution in [0.2, 0.25) is 0 Å². The van der Waals surface area contributed by atoms with Gasteiger partial charge in [-0.2, -0.15) is 5.26 Å². The van der Waals surface area contributed by atoms with Gasteiger partial charge in [0.15, 0.2) is 0 Å². The molecule has 0 aliphatic carbocycles. The van der Waals surface area contributed by atoms with Crippen LogP contribution in [0.5, 0.6) is 0 Å². The number of aryl methyl sites for hydroxylation is 1. The smallest absolute Gasteiger partial charge is 0.128 e. The zero-order valence-electron chi connectivity index (χ0n) is 8.40. The van der Waals surface area contributed by atoms with E-state index in [1.807, 2.05) is 37.3 Å². The molecule has 74 valence electrons. The molecule has 0 aliphatic heterocycles. The normalized spacial score (nSPS) is 9.87. The highest BCUT2D eigenvalue weighted by Crippen LogP contribution is 2.27. The van der Waals surface area contributed by atoms with Crippen LogP contribution >= 0.6 is 11.3 Å². The van der Waals surface area contributed by atoms with Crippen molar-refractivity contribution >= 4 is 11.3 Å². The maximum Gasteiger partial charge on any atom is 0.128 e. The maximum atomic E-state index is 8.93. The molecule has 0 spiro atoms. The number of benzene rings is 1. The summed E-state index contributed by atoms with van der Waals surface area (Å²) in [6.45, 7) is 2.02. The molecule has 15 heavy (non-hydrogen) atoms. The fourth-order valence-corrected chi connectivity index (χ4v) is 2.34. The van der Waals surface area contributed by atoms with Crippen LogP contribution in [-0.2, 0) is 6.42 Å². The zero-order valence-corrected chi connectivity index (χ0v) is 9.21. The van der Waals surface area contributed by atoms with Crippen LogP contribution in [0.25, 0.3) is 10.6 Å². The van der Waals surface area contributed by atoms with Crippen molar-refractivity contribution in [3.05, 3.63) is 40.9 Å². The molecule has 0 unspecified atom stereocenters. The first-order valence-corrected chi connectivity index (χ1v) is 5.62. The van der Waals surface area contributed by atoms with E-state index in [0.717, 1.165) is 27.6 Å². The van der Waals surface area contributed by atoms with Crippen molar-refractivity contribution in [3.63, 3.8) is 0 Å². The summed E-state index contributed by atoms with van der Waals surface area (Å²) in [7, 11) is 0. The van der Waals surface area contributed by atoms with Gasteiger partial charge in [0.2, 0.25) is 0 Å². The second kappa shape index (κ2) is 4.24. The highest BCUT2D eigenvalue weighted by Gasteiger charge is 2.09. The van der Waals surface area contributed by atoms with Gasteiger partial charge in [0.25, 0.3) is 0 Å². The summed E-state index contributed by atoms with van der Waals surface area (Å²) in [5.41, 5.74) is 1.99. The minimum absolute atomic E-state index is 0.733. The minimum Gasteiger partial charge on any atom is -0.240 e. The zero-order chi connectivity index (χ0) is 10.7. The summed E-state index contributed by atoms with van der Waals surface area (Å²) in [5, 5.41) is 9.86. The van der Waals surface area contributed by atoms with Gasteiger partial charge in [-0.05, 0) is 6.42 Å². The molecule has 0 saturated carbocycles. The van der Waals surface area contributed by atoms with Crippen molar-refractivity contribution in [2.75, 3.05) is 0 Å². The molecule has 0 bridgehead atoms. The molecule has 0 aliphatic rings. The summed E-state index contributed by atoms with van der Waals surface area (Å²) in [5.74, 6) is 0. The van der Waals surface area contributed by atoms with Gasteiger partial charge in [-0.3, -0.25) is 0 Å². The third kappa shape index (κ3) is 1.90. The van der Waals surface area contributed by atoms with Crippen LogP contribution in [0.3, 0.4) is 0 Å². The topological polar surface area (TPSA) is 36.7 Å². The Labute approximate surface area is 92.8 Å². The third-order valence-corrected chi connectivity index (χ3v) is 3.21. The Hall–Kier alpha value is -1.66. The van der Waals surface area contributed by atoms with Gasteiger partial charge in [0, 0.05) is 5.56 Å². The van der Waals surface area contributed by atoms with E-state index in [1.165, 1.54) is 11.3 Å². The van der Waals surface area contributed by atoms with Gasteiger partial charge in [0.05, 0.1) is 5.69 Å². The van der Waals surface area contributed by atoms with Crippen LogP contribution in [-0.4, -0.2) is 4.98 Å². The van der Waals surface area contributed by atoms with Crippen molar-refractivity contribution < 1.29 is 0 Å². The largest absolute Gasteiger partial charge is 0.240 e. The molecule has 0 fully saturated rings. The molecule has 0 saturated heterocycles. The van der Waals surface area contributed by atoms with Crippen LogP contribution in [0, 0.1) is 11.3 Å². The first-order chi connectivity index (χ1) is 7.35. The van der Waals surface area contributed by atoms with E-state index < -0.39 is 0 Å². The second-order valence-electron chi connectivity index (χ2n) is 3.13. The molecule has 3 heteroatoms. The van der Waals surface area contributed by atoms with Gasteiger partial charge in [-0.1, -0.05) is 37.3 Å². The Bertz CT molecular complexity index is 494. The summed E-state index contributed by atoms with van der Waals surface area (Å²) >= 11 is 1.46. The lowest BCUT2D eigenvalue weighted by atomic mass is 10.2. The molecule has 1 aromatic heterocycles. The number of hydrogen-bond donors (Lipinski definition) is 0. The van der Waals surface area contributed by atoms with E-state index in [9.17, 15) is 0 Å². The highest BCUT2D eigenvalue weighted by atomic mass is 32.1.